The van der Waals surface area contributed by atoms with E-state index in [-0.39, 0.29) is 24.3 Å². The number of thiazole rings is 1. The largest absolute Gasteiger partial charge is 0.354 e. The van der Waals surface area contributed by atoms with Crippen LogP contribution in [0.5, 0.6) is 0 Å². The maximum absolute atomic E-state index is 11.5. The van der Waals surface area contributed by atoms with Crippen molar-refractivity contribution in [3.63, 3.8) is 0 Å². The van der Waals surface area contributed by atoms with Crippen LogP contribution in [0.4, 0.5) is 0 Å². The van der Waals surface area contributed by atoms with E-state index in [1.807, 2.05) is 19.2 Å². The van der Waals surface area contributed by atoms with Gasteiger partial charge in [0.15, 0.2) is 0 Å². The number of aromatic nitrogens is 1. The van der Waals surface area contributed by atoms with Gasteiger partial charge in [0, 0.05) is 18.3 Å². The Kier molecular flexibility index (Phi) is 6.44. The zero-order chi connectivity index (χ0) is 14.3. The van der Waals surface area contributed by atoms with Crippen molar-refractivity contribution in [1.29, 1.82) is 0 Å². The minimum absolute atomic E-state index is 0.0453. The molecule has 0 aromatic carbocycles. The van der Waals surface area contributed by atoms with E-state index in [4.69, 9.17) is 5.73 Å². The maximum Gasteiger partial charge on any atom is 0.239 e. The summed E-state index contributed by atoms with van der Waals surface area (Å²) in [5.41, 5.74) is 8.37. The van der Waals surface area contributed by atoms with Crippen molar-refractivity contribution in [1.82, 2.24) is 15.6 Å². The Labute approximate surface area is 116 Å². The lowest BCUT2D eigenvalue weighted by Gasteiger charge is -2.15. The molecule has 1 heterocycles. The molecule has 0 fully saturated rings. The minimum atomic E-state index is -0.581. The number of nitrogens with zero attached hydrogens (tertiary/aromatic N) is 1. The average Bonchev–Trinajstić information content (AvgIpc) is 2.88. The molecular weight excluding hydrogens is 264 g/mol. The number of amides is 2. The van der Waals surface area contributed by atoms with Gasteiger partial charge in [-0.1, -0.05) is 13.8 Å². The van der Waals surface area contributed by atoms with Gasteiger partial charge in [0.25, 0.3) is 0 Å². The quantitative estimate of drug-likeness (QED) is 0.651. The fourth-order valence-electron chi connectivity index (χ4n) is 1.34. The van der Waals surface area contributed by atoms with Gasteiger partial charge in [0.2, 0.25) is 11.8 Å². The van der Waals surface area contributed by atoms with Gasteiger partial charge in [0.05, 0.1) is 23.8 Å². The number of carbonyl (C=O) groups is 2. The zero-order valence-electron chi connectivity index (χ0n) is 11.2. The molecule has 1 aromatic rings. The number of hydrogen-bond donors (Lipinski definition) is 3. The van der Waals surface area contributed by atoms with E-state index in [1.54, 1.807) is 5.51 Å². The number of nitrogens with two attached hydrogens (primary N) is 1. The highest BCUT2D eigenvalue weighted by molar-refractivity contribution is 7.07. The molecule has 0 bridgehead atoms. The molecule has 0 aliphatic carbocycles. The molecule has 0 spiro atoms. The minimum Gasteiger partial charge on any atom is -0.354 e. The van der Waals surface area contributed by atoms with Crippen LogP contribution in [0.15, 0.2) is 10.9 Å². The Bertz CT molecular complexity index is 406. The van der Waals surface area contributed by atoms with Crippen molar-refractivity contribution in [3.05, 3.63) is 16.6 Å². The van der Waals surface area contributed by atoms with Crippen molar-refractivity contribution in [3.8, 4) is 0 Å². The van der Waals surface area contributed by atoms with Gasteiger partial charge in [-0.3, -0.25) is 9.59 Å². The molecule has 4 N–H and O–H groups in total. The number of rotatable bonds is 7. The van der Waals surface area contributed by atoms with E-state index < -0.39 is 6.04 Å². The molecular formula is C12H20N4O2S. The second-order valence-electron chi connectivity index (χ2n) is 4.57. The molecule has 0 saturated heterocycles. The van der Waals surface area contributed by atoms with E-state index in [1.165, 1.54) is 11.3 Å². The summed E-state index contributed by atoms with van der Waals surface area (Å²) in [7, 11) is 0. The Morgan fingerprint density at radius 1 is 1.42 bits per heavy atom. The normalized spacial score (nSPS) is 12.2. The summed E-state index contributed by atoms with van der Waals surface area (Å²) < 4.78 is 0. The average molecular weight is 284 g/mol. The molecule has 106 valence electrons. The molecule has 0 unspecified atom stereocenters. The van der Waals surface area contributed by atoms with Crippen LogP contribution in [0.2, 0.25) is 0 Å². The van der Waals surface area contributed by atoms with Gasteiger partial charge in [-0.2, -0.15) is 0 Å². The van der Waals surface area contributed by atoms with Gasteiger partial charge in [-0.05, 0) is 5.92 Å². The van der Waals surface area contributed by atoms with Crippen LogP contribution in [-0.4, -0.2) is 35.9 Å². The monoisotopic (exact) mass is 284 g/mol. The standard InChI is InChI=1S/C12H20N4O2S/c1-8(2)11(13)12(18)15-5-10(17)14-4-3-9-6-19-7-16-9/h6-8,11H,3-5,13H2,1-2H3,(H,14,17)(H,15,18)/t11-/m0/s1. The van der Waals surface area contributed by atoms with Gasteiger partial charge >= 0.3 is 0 Å². The lowest BCUT2D eigenvalue weighted by atomic mass is 10.1. The smallest absolute Gasteiger partial charge is 0.239 e. The first kappa shape index (κ1) is 15.6. The molecule has 0 aliphatic heterocycles. The summed E-state index contributed by atoms with van der Waals surface area (Å²) in [6.45, 7) is 4.18. The molecule has 19 heavy (non-hydrogen) atoms. The maximum atomic E-state index is 11.5. The van der Waals surface area contributed by atoms with E-state index in [0.29, 0.717) is 13.0 Å². The summed E-state index contributed by atoms with van der Waals surface area (Å²) >= 11 is 1.52. The van der Waals surface area contributed by atoms with Crippen LogP contribution >= 0.6 is 11.3 Å². The van der Waals surface area contributed by atoms with Crippen LogP contribution in [-0.2, 0) is 16.0 Å². The highest BCUT2D eigenvalue weighted by atomic mass is 32.1. The molecule has 7 heteroatoms. The van der Waals surface area contributed by atoms with Gasteiger partial charge in [-0.25, -0.2) is 4.98 Å². The Balaban J connectivity index is 2.16. The topological polar surface area (TPSA) is 97.1 Å². The van der Waals surface area contributed by atoms with Gasteiger partial charge in [-0.15, -0.1) is 11.3 Å². The second kappa shape index (κ2) is 7.85. The van der Waals surface area contributed by atoms with Crippen LogP contribution < -0.4 is 16.4 Å². The summed E-state index contributed by atoms with van der Waals surface area (Å²) in [5, 5.41) is 7.17. The van der Waals surface area contributed by atoms with Crippen LogP contribution in [0.1, 0.15) is 19.5 Å². The first-order valence-electron chi connectivity index (χ1n) is 6.17. The third-order valence-corrected chi connectivity index (χ3v) is 3.27. The molecule has 1 atom stereocenters. The van der Waals surface area contributed by atoms with Crippen molar-refractivity contribution >= 4 is 23.2 Å². The van der Waals surface area contributed by atoms with E-state index in [0.717, 1.165) is 5.69 Å². The lowest BCUT2D eigenvalue weighted by Crippen LogP contribution is -2.47. The second-order valence-corrected chi connectivity index (χ2v) is 5.29. The first-order chi connectivity index (χ1) is 9.00. The third-order valence-electron chi connectivity index (χ3n) is 2.63. The SMILES string of the molecule is CC(C)[C@H](N)C(=O)NCC(=O)NCCc1cscn1. The molecule has 0 saturated carbocycles. The van der Waals surface area contributed by atoms with Gasteiger partial charge < -0.3 is 16.4 Å². The predicted octanol–water partition coefficient (Wildman–Crippen LogP) is -0.0987. The number of carbonyl (C=O) groups excluding carboxylic acids is 2. The highest BCUT2D eigenvalue weighted by Gasteiger charge is 2.17. The number of nitrogens with one attached hydrogen (secondary N) is 2. The Morgan fingerprint density at radius 2 is 2.16 bits per heavy atom. The predicted molar refractivity (Wildman–Crippen MR) is 74.7 cm³/mol. The van der Waals surface area contributed by atoms with Crippen molar-refractivity contribution in [2.45, 2.75) is 26.3 Å². The van der Waals surface area contributed by atoms with Crippen LogP contribution in [0.3, 0.4) is 0 Å². The Morgan fingerprint density at radius 3 is 2.74 bits per heavy atom. The van der Waals surface area contributed by atoms with Crippen LogP contribution in [0, 0.1) is 5.92 Å². The summed E-state index contributed by atoms with van der Waals surface area (Å²) in [6, 6.07) is -0.581. The Hall–Kier alpha value is -1.47. The fourth-order valence-corrected chi connectivity index (χ4v) is 1.93. The zero-order valence-corrected chi connectivity index (χ0v) is 12.0. The lowest BCUT2D eigenvalue weighted by molar-refractivity contribution is -0.127. The molecule has 2 amide bonds. The summed E-state index contributed by atoms with van der Waals surface area (Å²) in [5.74, 6) is -0.475. The first-order valence-corrected chi connectivity index (χ1v) is 7.12. The third kappa shape index (κ3) is 5.80. The van der Waals surface area contributed by atoms with E-state index in [2.05, 4.69) is 15.6 Å². The van der Waals surface area contributed by atoms with Crippen molar-refractivity contribution in [2.24, 2.45) is 11.7 Å². The van der Waals surface area contributed by atoms with E-state index in [9.17, 15) is 9.59 Å². The van der Waals surface area contributed by atoms with Crippen LogP contribution in [0.25, 0.3) is 0 Å². The summed E-state index contributed by atoms with van der Waals surface area (Å²) in [4.78, 5) is 27.1. The molecule has 1 aromatic heterocycles. The molecule has 0 aliphatic rings. The van der Waals surface area contributed by atoms with Gasteiger partial charge in [0.1, 0.15) is 0 Å². The fraction of sp³-hybridized carbons (Fsp3) is 0.583. The van der Waals surface area contributed by atoms with Crippen molar-refractivity contribution in [2.75, 3.05) is 13.1 Å². The molecule has 0 radical (unpaired) electrons. The van der Waals surface area contributed by atoms with E-state index >= 15 is 0 Å². The highest BCUT2D eigenvalue weighted by Crippen LogP contribution is 2.00. The molecule has 6 nitrogen and oxygen atoms in total. The summed E-state index contributed by atoms with van der Waals surface area (Å²) in [6.07, 6.45) is 0.689. The number of hydrogen-bond acceptors (Lipinski definition) is 5. The molecule has 1 rings (SSSR count). The van der Waals surface area contributed by atoms with Crippen molar-refractivity contribution < 1.29 is 9.59 Å².